The standard InChI is InChI=1S/C25H25N5O2/c1-15-8-9-21-19(12-15)17(13-27-21)10-11-26-24(31)16(2)30-22-7-5-4-6-18(22)20-14-28-29(3)25(32)23(20)30/h4-9,12-14,16,27H,10-11H2,1-3H3,(H,26,31)/t16-/m0/s1. The van der Waals surface area contributed by atoms with Gasteiger partial charge in [-0.3, -0.25) is 9.59 Å². The molecule has 32 heavy (non-hydrogen) atoms. The lowest BCUT2D eigenvalue weighted by atomic mass is 10.1. The molecule has 0 fully saturated rings. The van der Waals surface area contributed by atoms with Gasteiger partial charge in [0.1, 0.15) is 11.6 Å². The largest absolute Gasteiger partial charge is 0.361 e. The minimum Gasteiger partial charge on any atom is -0.361 e. The van der Waals surface area contributed by atoms with E-state index in [1.165, 1.54) is 21.2 Å². The highest BCUT2D eigenvalue weighted by Gasteiger charge is 2.23. The number of nitrogens with zero attached hydrogens (tertiary/aromatic N) is 3. The summed E-state index contributed by atoms with van der Waals surface area (Å²) in [5, 5.41) is 10.1. The average molecular weight is 428 g/mol. The van der Waals surface area contributed by atoms with Gasteiger partial charge in [-0.15, -0.1) is 0 Å². The van der Waals surface area contributed by atoms with Gasteiger partial charge in [0.15, 0.2) is 0 Å². The normalized spacial score (nSPS) is 12.6. The van der Waals surface area contributed by atoms with Crippen molar-refractivity contribution in [1.29, 1.82) is 0 Å². The molecular weight excluding hydrogens is 402 g/mol. The van der Waals surface area contributed by atoms with Crippen LogP contribution in [-0.4, -0.2) is 31.8 Å². The number of aromatic amines is 1. The molecule has 7 nitrogen and oxygen atoms in total. The first-order valence-electron chi connectivity index (χ1n) is 10.7. The van der Waals surface area contributed by atoms with Crippen molar-refractivity contribution in [3.05, 3.63) is 76.3 Å². The first-order valence-corrected chi connectivity index (χ1v) is 10.7. The zero-order valence-corrected chi connectivity index (χ0v) is 18.3. The summed E-state index contributed by atoms with van der Waals surface area (Å²) < 4.78 is 3.14. The molecule has 0 aliphatic carbocycles. The van der Waals surface area contributed by atoms with Gasteiger partial charge in [-0.2, -0.15) is 5.10 Å². The summed E-state index contributed by atoms with van der Waals surface area (Å²) >= 11 is 0. The van der Waals surface area contributed by atoms with Crippen molar-refractivity contribution >= 4 is 38.6 Å². The summed E-state index contributed by atoms with van der Waals surface area (Å²) in [7, 11) is 1.62. The Morgan fingerprint density at radius 3 is 2.81 bits per heavy atom. The predicted molar refractivity (Wildman–Crippen MR) is 127 cm³/mol. The highest BCUT2D eigenvalue weighted by molar-refractivity contribution is 6.08. The van der Waals surface area contributed by atoms with Crippen molar-refractivity contribution < 1.29 is 4.79 Å². The molecule has 1 amide bonds. The number of fused-ring (bicyclic) bond motifs is 4. The van der Waals surface area contributed by atoms with Gasteiger partial charge in [0.05, 0.1) is 11.7 Å². The number of para-hydroxylation sites is 1. The van der Waals surface area contributed by atoms with Crippen molar-refractivity contribution in [2.45, 2.75) is 26.3 Å². The number of carbonyl (C=O) groups excluding carboxylic acids is 1. The number of rotatable bonds is 5. The van der Waals surface area contributed by atoms with Crippen molar-refractivity contribution in [2.75, 3.05) is 6.54 Å². The van der Waals surface area contributed by atoms with E-state index in [0.717, 1.165) is 28.2 Å². The lowest BCUT2D eigenvalue weighted by Gasteiger charge is -2.16. The quantitative estimate of drug-likeness (QED) is 0.449. The third-order valence-electron chi connectivity index (χ3n) is 6.19. The number of H-pyrrole nitrogens is 1. The Bertz CT molecular complexity index is 1540. The van der Waals surface area contributed by atoms with E-state index in [9.17, 15) is 9.59 Å². The van der Waals surface area contributed by atoms with E-state index in [1.807, 2.05) is 42.0 Å². The van der Waals surface area contributed by atoms with Crippen molar-refractivity contribution in [3.8, 4) is 0 Å². The van der Waals surface area contributed by atoms with Crippen LogP contribution in [0.4, 0.5) is 0 Å². The summed E-state index contributed by atoms with van der Waals surface area (Å²) in [6, 6.07) is 13.5. The summed E-state index contributed by atoms with van der Waals surface area (Å²) in [5.74, 6) is -0.123. The summed E-state index contributed by atoms with van der Waals surface area (Å²) in [6.07, 6.45) is 4.42. The summed E-state index contributed by atoms with van der Waals surface area (Å²) in [6.45, 7) is 4.42. The summed E-state index contributed by atoms with van der Waals surface area (Å²) in [5.41, 5.74) is 4.61. The first kappa shape index (κ1) is 20.1. The van der Waals surface area contributed by atoms with E-state index in [1.54, 1.807) is 13.2 Å². The van der Waals surface area contributed by atoms with Crippen LogP contribution in [0.15, 0.2) is 59.7 Å². The van der Waals surface area contributed by atoms with Crippen LogP contribution < -0.4 is 10.9 Å². The predicted octanol–water partition coefficient (Wildman–Crippen LogP) is 3.60. The Hall–Kier alpha value is -3.87. The van der Waals surface area contributed by atoms with Gasteiger partial charge < -0.3 is 14.9 Å². The van der Waals surface area contributed by atoms with Crippen LogP contribution in [0.5, 0.6) is 0 Å². The van der Waals surface area contributed by atoms with Gasteiger partial charge in [-0.05, 0) is 44.0 Å². The van der Waals surface area contributed by atoms with E-state index in [2.05, 4.69) is 40.5 Å². The van der Waals surface area contributed by atoms with Gasteiger partial charge >= 0.3 is 0 Å². The van der Waals surface area contributed by atoms with Crippen molar-refractivity contribution in [3.63, 3.8) is 0 Å². The van der Waals surface area contributed by atoms with Gasteiger partial charge in [0, 0.05) is 41.5 Å². The molecule has 0 saturated heterocycles. The van der Waals surface area contributed by atoms with E-state index < -0.39 is 6.04 Å². The minimum absolute atomic E-state index is 0.123. The highest BCUT2D eigenvalue weighted by atomic mass is 16.2. The van der Waals surface area contributed by atoms with E-state index in [-0.39, 0.29) is 11.5 Å². The number of aryl methyl sites for hydroxylation is 2. The topological polar surface area (TPSA) is 84.7 Å². The molecule has 5 aromatic rings. The molecule has 0 radical (unpaired) electrons. The molecule has 0 spiro atoms. The molecule has 5 rings (SSSR count). The molecular formula is C25H25N5O2. The SMILES string of the molecule is Cc1ccc2[nH]cc(CCNC(=O)[C@H](C)n3c4ccccc4c4cnn(C)c(=O)c43)c2c1. The second-order valence-corrected chi connectivity index (χ2v) is 8.30. The molecule has 0 bridgehead atoms. The lowest BCUT2D eigenvalue weighted by molar-refractivity contribution is -0.123. The Labute approximate surface area is 184 Å². The van der Waals surface area contributed by atoms with Crippen LogP contribution in [0.1, 0.15) is 24.1 Å². The Balaban J connectivity index is 1.43. The molecule has 1 atom stereocenters. The van der Waals surface area contributed by atoms with Crippen molar-refractivity contribution in [2.24, 2.45) is 7.05 Å². The lowest BCUT2D eigenvalue weighted by Crippen LogP contribution is -2.33. The number of aromatic nitrogens is 4. The van der Waals surface area contributed by atoms with E-state index >= 15 is 0 Å². The second-order valence-electron chi connectivity index (χ2n) is 8.30. The number of hydrogen-bond acceptors (Lipinski definition) is 3. The smallest absolute Gasteiger partial charge is 0.291 e. The van der Waals surface area contributed by atoms with Crippen LogP contribution in [0, 0.1) is 6.92 Å². The Morgan fingerprint density at radius 1 is 1.16 bits per heavy atom. The molecule has 0 aliphatic rings. The number of carbonyl (C=O) groups is 1. The molecule has 2 aromatic carbocycles. The molecule has 3 aromatic heterocycles. The van der Waals surface area contributed by atoms with Crippen LogP contribution >= 0.6 is 0 Å². The third-order valence-corrected chi connectivity index (χ3v) is 6.19. The fourth-order valence-electron chi connectivity index (χ4n) is 4.47. The van der Waals surface area contributed by atoms with Gasteiger partial charge in [-0.25, -0.2) is 4.68 Å². The number of hydrogen-bond donors (Lipinski definition) is 2. The van der Waals surface area contributed by atoms with Crippen LogP contribution in [0.2, 0.25) is 0 Å². The Morgan fingerprint density at radius 2 is 1.97 bits per heavy atom. The molecule has 3 heterocycles. The number of benzene rings is 2. The van der Waals surface area contributed by atoms with Crippen LogP contribution in [-0.2, 0) is 18.3 Å². The number of amides is 1. The molecule has 0 saturated carbocycles. The maximum Gasteiger partial charge on any atom is 0.291 e. The maximum absolute atomic E-state index is 13.1. The fourth-order valence-corrected chi connectivity index (χ4v) is 4.47. The average Bonchev–Trinajstić information content (AvgIpc) is 3.34. The van der Waals surface area contributed by atoms with Crippen molar-refractivity contribution in [1.82, 2.24) is 24.6 Å². The van der Waals surface area contributed by atoms with Gasteiger partial charge in [0.25, 0.3) is 5.56 Å². The molecule has 0 aliphatic heterocycles. The zero-order chi connectivity index (χ0) is 22.4. The Kier molecular flexibility index (Phi) is 4.81. The van der Waals surface area contributed by atoms with Crippen LogP contribution in [0.3, 0.4) is 0 Å². The van der Waals surface area contributed by atoms with Gasteiger partial charge in [-0.1, -0.05) is 29.8 Å². The van der Waals surface area contributed by atoms with Gasteiger partial charge in [0.2, 0.25) is 5.91 Å². The molecule has 0 unspecified atom stereocenters. The van der Waals surface area contributed by atoms with E-state index in [0.29, 0.717) is 12.1 Å². The first-order chi connectivity index (χ1) is 15.5. The molecule has 162 valence electrons. The summed E-state index contributed by atoms with van der Waals surface area (Å²) in [4.78, 5) is 29.3. The highest BCUT2D eigenvalue weighted by Crippen LogP contribution is 2.29. The zero-order valence-electron chi connectivity index (χ0n) is 18.3. The second kappa shape index (κ2) is 7.67. The maximum atomic E-state index is 13.1. The molecule has 7 heteroatoms. The number of nitrogens with one attached hydrogen (secondary N) is 2. The van der Waals surface area contributed by atoms with Crippen LogP contribution in [0.25, 0.3) is 32.7 Å². The molecule has 2 N–H and O–H groups in total. The minimum atomic E-state index is -0.544. The van der Waals surface area contributed by atoms with E-state index in [4.69, 9.17) is 0 Å². The monoisotopic (exact) mass is 427 g/mol. The fraction of sp³-hybridized carbons (Fsp3) is 0.240. The third kappa shape index (κ3) is 3.17.